The quantitative estimate of drug-likeness (QED) is 0.543. The van der Waals surface area contributed by atoms with E-state index in [0.717, 1.165) is 0 Å². The second kappa shape index (κ2) is 2.86. The second-order valence-electron chi connectivity index (χ2n) is 2.89. The maximum absolute atomic E-state index is 10.9. The van der Waals surface area contributed by atoms with Crippen LogP contribution in [0.15, 0.2) is 12.3 Å². The molecule has 1 aliphatic heterocycles. The lowest BCUT2D eigenvalue weighted by Crippen LogP contribution is -2.33. The molecule has 1 rings (SSSR count). The summed E-state index contributed by atoms with van der Waals surface area (Å²) in [5, 5.41) is 0. The number of ketones is 1. The van der Waals surface area contributed by atoms with Gasteiger partial charge in [-0.25, -0.2) is 0 Å². The standard InChI is InChI=1S/C8H13NO/c1-7(2)9-5-3-4-8(10)6-9/h3,5,7H,4,6H2,1-2H3. The van der Waals surface area contributed by atoms with Crippen molar-refractivity contribution in [2.45, 2.75) is 26.3 Å². The molecule has 0 fully saturated rings. The molecule has 56 valence electrons. The van der Waals surface area contributed by atoms with E-state index in [1.165, 1.54) is 0 Å². The summed E-state index contributed by atoms with van der Waals surface area (Å²) in [6.07, 6.45) is 4.54. The van der Waals surface area contributed by atoms with E-state index in [4.69, 9.17) is 0 Å². The maximum Gasteiger partial charge on any atom is 0.155 e. The summed E-state index contributed by atoms with van der Waals surface area (Å²) < 4.78 is 0. The van der Waals surface area contributed by atoms with E-state index >= 15 is 0 Å². The normalized spacial score (nSPS) is 18.7. The Labute approximate surface area is 61.5 Å². The Kier molecular flexibility index (Phi) is 2.10. The van der Waals surface area contributed by atoms with Crippen molar-refractivity contribution in [3.8, 4) is 0 Å². The van der Waals surface area contributed by atoms with E-state index in [1.807, 2.05) is 17.2 Å². The lowest BCUT2D eigenvalue weighted by atomic mass is 10.2. The van der Waals surface area contributed by atoms with Crippen molar-refractivity contribution in [1.29, 1.82) is 0 Å². The van der Waals surface area contributed by atoms with Gasteiger partial charge in [0.25, 0.3) is 0 Å². The molecule has 0 saturated carbocycles. The molecule has 0 radical (unpaired) electrons. The summed E-state index contributed by atoms with van der Waals surface area (Å²) in [4.78, 5) is 12.9. The molecule has 0 spiro atoms. The molecule has 0 aromatic heterocycles. The minimum atomic E-state index is 0.316. The Bertz CT molecular complexity index is 161. The highest BCUT2D eigenvalue weighted by atomic mass is 16.1. The lowest BCUT2D eigenvalue weighted by Gasteiger charge is -2.26. The van der Waals surface area contributed by atoms with Crippen LogP contribution < -0.4 is 0 Å². The molecular formula is C8H13NO. The summed E-state index contributed by atoms with van der Waals surface area (Å²) in [6, 6.07) is 0.445. The Hall–Kier alpha value is -0.790. The fourth-order valence-electron chi connectivity index (χ4n) is 0.995. The van der Waals surface area contributed by atoms with Gasteiger partial charge in [0.1, 0.15) is 0 Å². The molecule has 2 nitrogen and oxygen atoms in total. The Morgan fingerprint density at radius 3 is 2.70 bits per heavy atom. The third kappa shape index (κ3) is 1.59. The van der Waals surface area contributed by atoms with Crippen LogP contribution in [0.1, 0.15) is 20.3 Å². The number of hydrogen-bond acceptors (Lipinski definition) is 2. The van der Waals surface area contributed by atoms with Crippen LogP contribution >= 0.6 is 0 Å². The second-order valence-corrected chi connectivity index (χ2v) is 2.89. The summed E-state index contributed by atoms with van der Waals surface area (Å²) in [7, 11) is 0. The van der Waals surface area contributed by atoms with Crippen molar-refractivity contribution < 1.29 is 4.79 Å². The molecule has 2 heteroatoms. The Morgan fingerprint density at radius 2 is 2.30 bits per heavy atom. The van der Waals surface area contributed by atoms with Crippen LogP contribution in [-0.4, -0.2) is 23.3 Å². The average Bonchev–Trinajstić information content (AvgIpc) is 1.88. The van der Waals surface area contributed by atoms with Gasteiger partial charge in [0.05, 0.1) is 6.54 Å². The highest BCUT2D eigenvalue weighted by Crippen LogP contribution is 2.05. The van der Waals surface area contributed by atoms with E-state index in [1.54, 1.807) is 0 Å². The molecule has 0 aromatic rings. The third-order valence-corrected chi connectivity index (χ3v) is 1.66. The highest BCUT2D eigenvalue weighted by Gasteiger charge is 2.12. The van der Waals surface area contributed by atoms with Crippen LogP contribution in [0.2, 0.25) is 0 Å². The van der Waals surface area contributed by atoms with Gasteiger partial charge in [0.15, 0.2) is 5.78 Å². The van der Waals surface area contributed by atoms with Crippen molar-refractivity contribution in [2.75, 3.05) is 6.54 Å². The largest absolute Gasteiger partial charge is 0.368 e. The van der Waals surface area contributed by atoms with Crippen LogP contribution in [0.3, 0.4) is 0 Å². The molecule has 1 aliphatic rings. The van der Waals surface area contributed by atoms with Crippen LogP contribution in [0.5, 0.6) is 0 Å². The first-order valence-electron chi connectivity index (χ1n) is 3.64. The van der Waals surface area contributed by atoms with Crippen LogP contribution in [0.25, 0.3) is 0 Å². The third-order valence-electron chi connectivity index (χ3n) is 1.66. The van der Waals surface area contributed by atoms with Gasteiger partial charge in [-0.3, -0.25) is 4.79 Å². The fraction of sp³-hybridized carbons (Fsp3) is 0.625. The highest BCUT2D eigenvalue weighted by molar-refractivity contribution is 5.82. The molecule has 0 atom stereocenters. The van der Waals surface area contributed by atoms with E-state index in [-0.39, 0.29) is 0 Å². The first kappa shape index (κ1) is 7.32. The van der Waals surface area contributed by atoms with Gasteiger partial charge in [0.2, 0.25) is 0 Å². The van der Waals surface area contributed by atoms with Crippen molar-refractivity contribution in [3.05, 3.63) is 12.3 Å². The van der Waals surface area contributed by atoms with Crippen LogP contribution in [0, 0.1) is 0 Å². The minimum Gasteiger partial charge on any atom is -0.368 e. The fourth-order valence-corrected chi connectivity index (χ4v) is 0.995. The lowest BCUT2D eigenvalue weighted by molar-refractivity contribution is -0.119. The predicted octanol–water partition coefficient (Wildman–Crippen LogP) is 1.18. The topological polar surface area (TPSA) is 20.3 Å². The van der Waals surface area contributed by atoms with Gasteiger partial charge in [0, 0.05) is 12.5 Å². The van der Waals surface area contributed by atoms with Crippen molar-refractivity contribution in [2.24, 2.45) is 0 Å². The number of carbonyl (C=O) groups is 1. The maximum atomic E-state index is 10.9. The van der Waals surface area contributed by atoms with Gasteiger partial charge < -0.3 is 4.90 Å². The van der Waals surface area contributed by atoms with Crippen molar-refractivity contribution in [3.63, 3.8) is 0 Å². The zero-order valence-corrected chi connectivity index (χ0v) is 6.50. The monoisotopic (exact) mass is 139 g/mol. The van der Waals surface area contributed by atoms with E-state index in [9.17, 15) is 4.79 Å². The number of Topliss-reactive ketones (excluding diaryl/α,β-unsaturated/α-hetero) is 1. The number of hydrogen-bond donors (Lipinski definition) is 0. The molecule has 0 saturated heterocycles. The summed E-state index contributed by atoms with van der Waals surface area (Å²) in [5.74, 6) is 0.316. The molecule has 0 amide bonds. The SMILES string of the molecule is CC(C)N1C=CCC(=O)C1. The first-order valence-corrected chi connectivity index (χ1v) is 3.64. The van der Waals surface area contributed by atoms with Gasteiger partial charge in [-0.1, -0.05) is 6.08 Å². The van der Waals surface area contributed by atoms with Crippen LogP contribution in [-0.2, 0) is 4.79 Å². The molecule has 0 bridgehead atoms. The molecule has 1 heterocycles. The molecule has 0 aliphatic carbocycles. The van der Waals surface area contributed by atoms with E-state index < -0.39 is 0 Å². The predicted molar refractivity (Wildman–Crippen MR) is 40.6 cm³/mol. The van der Waals surface area contributed by atoms with Gasteiger partial charge in [-0.05, 0) is 20.0 Å². The number of nitrogens with zero attached hydrogens (tertiary/aromatic N) is 1. The minimum absolute atomic E-state index is 0.316. The van der Waals surface area contributed by atoms with Gasteiger partial charge in [-0.15, -0.1) is 0 Å². The number of allylic oxidation sites excluding steroid dienone is 1. The summed E-state index contributed by atoms with van der Waals surface area (Å²) in [5.41, 5.74) is 0. The average molecular weight is 139 g/mol. The summed E-state index contributed by atoms with van der Waals surface area (Å²) in [6.45, 7) is 4.76. The molecular weight excluding hydrogens is 126 g/mol. The van der Waals surface area contributed by atoms with E-state index in [2.05, 4.69) is 13.8 Å². The van der Waals surface area contributed by atoms with Gasteiger partial charge >= 0.3 is 0 Å². The van der Waals surface area contributed by atoms with Crippen LogP contribution in [0.4, 0.5) is 0 Å². The van der Waals surface area contributed by atoms with Gasteiger partial charge in [-0.2, -0.15) is 0 Å². The zero-order chi connectivity index (χ0) is 7.56. The number of carbonyl (C=O) groups excluding carboxylic acids is 1. The Morgan fingerprint density at radius 1 is 1.60 bits per heavy atom. The molecule has 0 aromatic carbocycles. The zero-order valence-electron chi connectivity index (χ0n) is 6.50. The number of rotatable bonds is 1. The molecule has 0 unspecified atom stereocenters. The Balaban J connectivity index is 2.55. The van der Waals surface area contributed by atoms with E-state index in [0.29, 0.717) is 24.8 Å². The van der Waals surface area contributed by atoms with Crippen molar-refractivity contribution in [1.82, 2.24) is 4.90 Å². The first-order chi connectivity index (χ1) is 4.70. The molecule has 0 N–H and O–H groups in total. The molecule has 10 heavy (non-hydrogen) atoms. The smallest absolute Gasteiger partial charge is 0.155 e. The van der Waals surface area contributed by atoms with Crippen molar-refractivity contribution >= 4 is 5.78 Å². The summed E-state index contributed by atoms with van der Waals surface area (Å²) >= 11 is 0.